The number of aliphatic hydroxyl groups excluding tert-OH is 2. The highest BCUT2D eigenvalue weighted by Gasteiger charge is 2.54. The molecule has 1 fully saturated rings. The van der Waals surface area contributed by atoms with Crippen molar-refractivity contribution in [2.45, 2.75) is 18.2 Å². The van der Waals surface area contributed by atoms with E-state index >= 15 is 4.39 Å². The minimum atomic E-state index is -1.61. The number of methoxy groups -OCH3 is 1. The van der Waals surface area contributed by atoms with Crippen molar-refractivity contribution in [3.63, 3.8) is 0 Å². The summed E-state index contributed by atoms with van der Waals surface area (Å²) >= 11 is 12.1. The molecule has 3 aromatic rings. The van der Waals surface area contributed by atoms with Gasteiger partial charge in [0.05, 0.1) is 35.0 Å². The number of likely N-dealkylation sites (tertiary alicyclic amines) is 1. The second-order valence-electron chi connectivity index (χ2n) is 9.65. The van der Waals surface area contributed by atoms with Crippen LogP contribution in [0.4, 0.5) is 4.39 Å². The third-order valence-corrected chi connectivity index (χ3v) is 8.01. The van der Waals surface area contributed by atoms with Gasteiger partial charge < -0.3 is 19.8 Å². The third-order valence-electron chi connectivity index (χ3n) is 7.54. The van der Waals surface area contributed by atoms with Crippen LogP contribution in [-0.2, 0) is 21.8 Å². The zero-order chi connectivity index (χ0) is 27.9. The fourth-order valence-electron chi connectivity index (χ4n) is 5.53. The minimum Gasteiger partial charge on any atom is -0.396 e. The van der Waals surface area contributed by atoms with Gasteiger partial charge in [-0.2, -0.15) is 0 Å². The molecule has 3 heterocycles. The molecule has 2 N–H and O–H groups in total. The Hall–Kier alpha value is -3.08. The Labute approximate surface area is 234 Å². The van der Waals surface area contributed by atoms with Gasteiger partial charge in [-0.1, -0.05) is 35.3 Å². The SMILES string of the molecule is CO[C@]1(c2ccc(Cl)cc2)c2c(F)cc(C(CO)C3CN(C(=O)CO)C3)cc2C(=O)N1Cc1ccc(Cl)cn1. The number of aliphatic hydroxyl groups is 2. The Kier molecular flexibility index (Phi) is 7.63. The van der Waals surface area contributed by atoms with E-state index in [1.54, 1.807) is 42.5 Å². The van der Waals surface area contributed by atoms with Gasteiger partial charge in [-0.25, -0.2) is 4.39 Å². The van der Waals surface area contributed by atoms with Crippen LogP contribution in [0, 0.1) is 11.7 Å². The smallest absolute Gasteiger partial charge is 0.257 e. The number of rotatable bonds is 8. The van der Waals surface area contributed by atoms with Crippen LogP contribution < -0.4 is 0 Å². The number of hydrogen-bond donors (Lipinski definition) is 2. The first-order chi connectivity index (χ1) is 18.7. The lowest BCUT2D eigenvalue weighted by atomic mass is 9.80. The number of halogens is 3. The summed E-state index contributed by atoms with van der Waals surface area (Å²) in [5.74, 6) is -2.21. The molecule has 2 aromatic carbocycles. The maximum atomic E-state index is 16.2. The molecule has 1 saturated heterocycles. The topological polar surface area (TPSA) is 103 Å². The molecule has 5 rings (SSSR count). The van der Waals surface area contributed by atoms with E-state index in [1.807, 2.05) is 0 Å². The van der Waals surface area contributed by atoms with Gasteiger partial charge in [0, 0.05) is 48.8 Å². The van der Waals surface area contributed by atoms with E-state index < -0.39 is 35.9 Å². The van der Waals surface area contributed by atoms with Gasteiger partial charge in [0.2, 0.25) is 5.91 Å². The second kappa shape index (κ2) is 10.8. The van der Waals surface area contributed by atoms with E-state index in [-0.39, 0.29) is 30.2 Å². The van der Waals surface area contributed by atoms with Crippen LogP contribution in [0.5, 0.6) is 0 Å². The molecule has 2 aliphatic rings. The summed E-state index contributed by atoms with van der Waals surface area (Å²) in [4.78, 5) is 33.0. The summed E-state index contributed by atoms with van der Waals surface area (Å²) in [6, 6.07) is 12.9. The van der Waals surface area contributed by atoms with Crippen LogP contribution in [0.25, 0.3) is 0 Å². The fraction of sp³-hybridized carbons (Fsp3) is 0.321. The molecule has 1 unspecified atom stereocenters. The van der Waals surface area contributed by atoms with Crippen molar-refractivity contribution in [2.24, 2.45) is 5.92 Å². The highest BCUT2D eigenvalue weighted by Crippen LogP contribution is 2.48. The molecule has 0 spiro atoms. The summed E-state index contributed by atoms with van der Waals surface area (Å²) < 4.78 is 22.2. The summed E-state index contributed by atoms with van der Waals surface area (Å²) in [6.07, 6.45) is 1.47. The second-order valence-corrected chi connectivity index (χ2v) is 10.5. The van der Waals surface area contributed by atoms with Crippen LogP contribution in [0.15, 0.2) is 54.7 Å². The van der Waals surface area contributed by atoms with E-state index in [0.29, 0.717) is 40.0 Å². The first-order valence-corrected chi connectivity index (χ1v) is 13.1. The van der Waals surface area contributed by atoms with Gasteiger partial charge in [-0.15, -0.1) is 0 Å². The normalized spacial score (nSPS) is 19.7. The van der Waals surface area contributed by atoms with Crippen molar-refractivity contribution >= 4 is 35.0 Å². The summed E-state index contributed by atoms with van der Waals surface area (Å²) in [5, 5.41) is 20.2. The van der Waals surface area contributed by atoms with Crippen LogP contribution in [-0.4, -0.2) is 70.2 Å². The molecule has 204 valence electrons. The number of fused-ring (bicyclic) bond motifs is 1. The van der Waals surface area contributed by atoms with Crippen molar-refractivity contribution < 1.29 is 28.9 Å². The molecule has 11 heteroatoms. The van der Waals surface area contributed by atoms with E-state index in [2.05, 4.69) is 4.98 Å². The number of hydrogen-bond acceptors (Lipinski definition) is 6. The monoisotopic (exact) mass is 573 g/mol. The van der Waals surface area contributed by atoms with E-state index in [0.717, 1.165) is 0 Å². The third kappa shape index (κ3) is 4.68. The molecule has 0 radical (unpaired) electrons. The molecule has 2 amide bonds. The average Bonchev–Trinajstić information content (AvgIpc) is 3.15. The van der Waals surface area contributed by atoms with Crippen LogP contribution in [0.1, 0.15) is 38.7 Å². The molecule has 1 aromatic heterocycles. The number of pyridine rings is 1. The van der Waals surface area contributed by atoms with Crippen LogP contribution >= 0.6 is 23.2 Å². The van der Waals surface area contributed by atoms with Crippen LogP contribution in [0.2, 0.25) is 10.0 Å². The lowest BCUT2D eigenvalue weighted by Gasteiger charge is -2.43. The summed E-state index contributed by atoms with van der Waals surface area (Å²) in [5.41, 5.74) is 0.00660. The van der Waals surface area contributed by atoms with Gasteiger partial charge >= 0.3 is 0 Å². The van der Waals surface area contributed by atoms with Gasteiger partial charge in [-0.05, 0) is 42.0 Å². The highest BCUT2D eigenvalue weighted by atomic mass is 35.5. The van der Waals surface area contributed by atoms with E-state index in [1.165, 1.54) is 29.2 Å². The standard InChI is InChI=1S/C28H26Cl2FN3O5/c1-39-28(18-2-4-19(29)5-3-18)26-22(27(38)34(28)13-21-7-6-20(30)10-32-21)8-16(9-24(26)31)23(14-35)17-11-33(12-17)25(37)15-36/h2-10,17,23,35-36H,11-15H2,1H3/t23?,28-/m1/s1. The molecule has 2 atom stereocenters. The Morgan fingerprint density at radius 1 is 1.15 bits per heavy atom. The quantitative estimate of drug-likeness (QED) is 0.427. The molecule has 0 aliphatic carbocycles. The summed E-state index contributed by atoms with van der Waals surface area (Å²) in [7, 11) is 1.41. The van der Waals surface area contributed by atoms with Gasteiger partial charge in [0.15, 0.2) is 5.72 Å². The summed E-state index contributed by atoms with van der Waals surface area (Å²) in [6.45, 7) is -0.263. The predicted molar refractivity (Wildman–Crippen MR) is 142 cm³/mol. The Bertz CT molecular complexity index is 1400. The zero-order valence-corrected chi connectivity index (χ0v) is 22.5. The zero-order valence-electron chi connectivity index (χ0n) is 21.0. The number of benzene rings is 2. The minimum absolute atomic E-state index is 0.000205. The number of aromatic nitrogens is 1. The maximum absolute atomic E-state index is 16.2. The maximum Gasteiger partial charge on any atom is 0.257 e. The molecule has 0 saturated carbocycles. The van der Waals surface area contributed by atoms with Crippen molar-refractivity contribution in [3.8, 4) is 0 Å². The number of carbonyl (C=O) groups excluding carboxylic acids is 2. The first-order valence-electron chi connectivity index (χ1n) is 12.3. The molecular formula is C28H26Cl2FN3O5. The van der Waals surface area contributed by atoms with Gasteiger partial charge in [-0.3, -0.25) is 19.5 Å². The number of amides is 2. The van der Waals surface area contributed by atoms with Crippen molar-refractivity contribution in [2.75, 3.05) is 33.4 Å². The van der Waals surface area contributed by atoms with Gasteiger partial charge in [0.1, 0.15) is 12.4 Å². The lowest BCUT2D eigenvalue weighted by Crippen LogP contribution is -2.53. The molecule has 2 aliphatic heterocycles. The highest BCUT2D eigenvalue weighted by molar-refractivity contribution is 6.30. The fourth-order valence-corrected chi connectivity index (χ4v) is 5.76. The Balaban J connectivity index is 1.60. The molecule has 39 heavy (non-hydrogen) atoms. The Morgan fingerprint density at radius 3 is 2.44 bits per heavy atom. The van der Waals surface area contributed by atoms with Crippen LogP contribution in [0.3, 0.4) is 0 Å². The average molecular weight is 574 g/mol. The first kappa shape index (κ1) is 27.5. The van der Waals surface area contributed by atoms with E-state index in [4.69, 9.17) is 33.0 Å². The molecule has 8 nitrogen and oxygen atoms in total. The largest absolute Gasteiger partial charge is 0.396 e. The Morgan fingerprint density at radius 2 is 1.85 bits per heavy atom. The number of carbonyl (C=O) groups is 2. The number of ether oxygens (including phenoxy) is 1. The van der Waals surface area contributed by atoms with Crippen molar-refractivity contribution in [3.05, 3.63) is 98.5 Å². The predicted octanol–water partition coefficient (Wildman–Crippen LogP) is 3.56. The van der Waals surface area contributed by atoms with Crippen molar-refractivity contribution in [1.29, 1.82) is 0 Å². The number of nitrogens with zero attached hydrogens (tertiary/aromatic N) is 3. The molecular weight excluding hydrogens is 548 g/mol. The lowest BCUT2D eigenvalue weighted by molar-refractivity contribution is -0.141. The van der Waals surface area contributed by atoms with E-state index in [9.17, 15) is 14.7 Å². The van der Waals surface area contributed by atoms with Gasteiger partial charge in [0.25, 0.3) is 5.91 Å². The van der Waals surface area contributed by atoms with Crippen molar-refractivity contribution in [1.82, 2.24) is 14.8 Å². The molecule has 0 bridgehead atoms.